The maximum Gasteiger partial charge on any atom is 0.417 e. The van der Waals surface area contributed by atoms with Gasteiger partial charge in [-0.2, -0.15) is 13.2 Å². The van der Waals surface area contributed by atoms with Crippen molar-refractivity contribution in [2.75, 3.05) is 18.4 Å². The minimum absolute atomic E-state index is 0.0316. The van der Waals surface area contributed by atoms with Crippen LogP contribution in [-0.2, 0) is 11.0 Å². The van der Waals surface area contributed by atoms with E-state index in [4.69, 9.17) is 23.2 Å². The molecule has 0 atom stereocenters. The van der Waals surface area contributed by atoms with Gasteiger partial charge in [-0.1, -0.05) is 29.3 Å². The number of hydrogen-bond acceptors (Lipinski definition) is 2. The van der Waals surface area contributed by atoms with Crippen molar-refractivity contribution in [2.24, 2.45) is 5.92 Å². The lowest BCUT2D eigenvalue weighted by molar-refractivity contribution is -0.137. The van der Waals surface area contributed by atoms with Crippen LogP contribution >= 0.6 is 23.2 Å². The predicted molar refractivity (Wildman–Crippen MR) is 105 cm³/mol. The number of halogens is 5. The van der Waals surface area contributed by atoms with Crippen LogP contribution in [0.5, 0.6) is 0 Å². The molecule has 9 heteroatoms. The molecule has 1 N–H and O–H groups in total. The Bertz CT molecular complexity index is 926. The summed E-state index contributed by atoms with van der Waals surface area (Å²) in [6, 6.07) is 9.87. The summed E-state index contributed by atoms with van der Waals surface area (Å²) in [6.45, 7) is 0.746. The Morgan fingerprint density at radius 2 is 1.72 bits per heavy atom. The third kappa shape index (κ3) is 5.22. The maximum absolute atomic E-state index is 13.0. The van der Waals surface area contributed by atoms with Crippen LogP contribution in [0.25, 0.3) is 0 Å². The van der Waals surface area contributed by atoms with Crippen molar-refractivity contribution in [3.8, 4) is 0 Å². The minimum Gasteiger partial charge on any atom is -0.339 e. The monoisotopic (exact) mass is 444 g/mol. The van der Waals surface area contributed by atoms with Crippen LogP contribution in [0.2, 0.25) is 10.0 Å². The number of piperidine rings is 1. The molecule has 4 nitrogen and oxygen atoms in total. The van der Waals surface area contributed by atoms with Crippen molar-refractivity contribution in [3.05, 3.63) is 63.6 Å². The summed E-state index contributed by atoms with van der Waals surface area (Å²) in [5, 5.41) is 2.55. The van der Waals surface area contributed by atoms with E-state index < -0.39 is 22.7 Å². The van der Waals surface area contributed by atoms with E-state index in [1.165, 1.54) is 6.07 Å². The zero-order valence-electron chi connectivity index (χ0n) is 15.1. The van der Waals surface area contributed by atoms with Gasteiger partial charge in [-0.15, -0.1) is 0 Å². The number of carbonyl (C=O) groups excluding carboxylic acids is 2. The Hall–Kier alpha value is -2.25. The van der Waals surface area contributed by atoms with Crippen molar-refractivity contribution in [3.63, 3.8) is 0 Å². The number of rotatable bonds is 3. The summed E-state index contributed by atoms with van der Waals surface area (Å²) >= 11 is 11.5. The molecular formula is C20H17Cl2F3N2O2. The van der Waals surface area contributed by atoms with Gasteiger partial charge in [-0.25, -0.2) is 0 Å². The number of carbonyl (C=O) groups is 2. The van der Waals surface area contributed by atoms with E-state index in [0.717, 1.165) is 12.1 Å². The highest BCUT2D eigenvalue weighted by molar-refractivity contribution is 6.31. The predicted octanol–water partition coefficient (Wildman–Crippen LogP) is 5.50. The van der Waals surface area contributed by atoms with Crippen LogP contribution < -0.4 is 5.32 Å². The minimum atomic E-state index is -4.61. The smallest absolute Gasteiger partial charge is 0.339 e. The number of alkyl halides is 3. The molecule has 3 rings (SSSR count). The van der Waals surface area contributed by atoms with Gasteiger partial charge in [0.25, 0.3) is 5.91 Å². The first kappa shape index (κ1) is 21.5. The van der Waals surface area contributed by atoms with Gasteiger partial charge in [0.15, 0.2) is 0 Å². The molecule has 1 saturated heterocycles. The van der Waals surface area contributed by atoms with E-state index in [2.05, 4.69) is 5.32 Å². The van der Waals surface area contributed by atoms with Crippen LogP contribution in [0.3, 0.4) is 0 Å². The number of benzene rings is 2. The molecule has 1 aliphatic rings. The second-order valence-corrected chi connectivity index (χ2v) is 7.60. The lowest BCUT2D eigenvalue weighted by atomic mass is 9.95. The Labute approximate surface area is 175 Å². The Morgan fingerprint density at radius 1 is 1.03 bits per heavy atom. The van der Waals surface area contributed by atoms with E-state index in [0.29, 0.717) is 36.5 Å². The van der Waals surface area contributed by atoms with E-state index in [9.17, 15) is 22.8 Å². The summed E-state index contributed by atoms with van der Waals surface area (Å²) in [7, 11) is 0. The van der Waals surface area contributed by atoms with Crippen LogP contribution in [0, 0.1) is 5.92 Å². The Balaban J connectivity index is 1.60. The molecular weight excluding hydrogens is 428 g/mol. The molecule has 0 aliphatic carbocycles. The Kier molecular flexibility index (Phi) is 6.39. The fourth-order valence-electron chi connectivity index (χ4n) is 3.21. The summed E-state index contributed by atoms with van der Waals surface area (Å²) < 4.78 is 38.9. The lowest BCUT2D eigenvalue weighted by Gasteiger charge is -2.31. The highest BCUT2D eigenvalue weighted by Crippen LogP contribution is 2.36. The highest BCUT2D eigenvalue weighted by atomic mass is 35.5. The molecule has 1 aliphatic heterocycles. The zero-order valence-corrected chi connectivity index (χ0v) is 16.6. The quantitative estimate of drug-likeness (QED) is 0.678. The number of amides is 2. The van der Waals surface area contributed by atoms with Crippen LogP contribution in [0.15, 0.2) is 42.5 Å². The van der Waals surface area contributed by atoms with Gasteiger partial charge in [-0.3, -0.25) is 9.59 Å². The van der Waals surface area contributed by atoms with Crippen molar-refractivity contribution < 1.29 is 22.8 Å². The molecule has 0 spiro atoms. The van der Waals surface area contributed by atoms with Gasteiger partial charge >= 0.3 is 6.18 Å². The molecule has 0 radical (unpaired) electrons. The number of anilines is 1. The molecule has 2 amide bonds. The summed E-state index contributed by atoms with van der Waals surface area (Å²) in [6.07, 6.45) is -3.78. The summed E-state index contributed by atoms with van der Waals surface area (Å²) in [5.74, 6) is -0.947. The maximum atomic E-state index is 13.0. The molecule has 1 heterocycles. The van der Waals surface area contributed by atoms with Crippen molar-refractivity contribution in [2.45, 2.75) is 19.0 Å². The first-order valence-electron chi connectivity index (χ1n) is 8.87. The first-order chi connectivity index (χ1) is 13.6. The third-order valence-corrected chi connectivity index (χ3v) is 5.33. The van der Waals surface area contributed by atoms with E-state index in [1.807, 2.05) is 0 Å². The normalized spacial score (nSPS) is 15.3. The van der Waals surface area contributed by atoms with E-state index in [-0.39, 0.29) is 17.5 Å². The van der Waals surface area contributed by atoms with Gasteiger partial charge in [0.1, 0.15) is 0 Å². The van der Waals surface area contributed by atoms with Gasteiger partial charge in [0, 0.05) is 35.3 Å². The Morgan fingerprint density at radius 3 is 2.34 bits per heavy atom. The number of nitrogens with zero attached hydrogens (tertiary/aromatic N) is 1. The second kappa shape index (κ2) is 8.63. The van der Waals surface area contributed by atoms with Gasteiger partial charge < -0.3 is 10.2 Å². The topological polar surface area (TPSA) is 49.4 Å². The molecule has 0 saturated carbocycles. The molecule has 154 valence electrons. The fourth-order valence-corrected chi connectivity index (χ4v) is 3.63. The van der Waals surface area contributed by atoms with Gasteiger partial charge in [0.05, 0.1) is 10.6 Å². The molecule has 0 unspecified atom stereocenters. The van der Waals surface area contributed by atoms with E-state index >= 15 is 0 Å². The number of hydrogen-bond donors (Lipinski definition) is 1. The average Bonchev–Trinajstić information content (AvgIpc) is 2.68. The van der Waals surface area contributed by atoms with Crippen molar-refractivity contribution in [1.82, 2.24) is 4.90 Å². The largest absolute Gasteiger partial charge is 0.417 e. The SMILES string of the molecule is O=C(Nc1ccc(Cl)c(C(F)(F)F)c1)C1CCN(C(=O)c2cccc(Cl)c2)CC1. The van der Waals surface area contributed by atoms with Crippen LogP contribution in [0.1, 0.15) is 28.8 Å². The average molecular weight is 445 g/mol. The van der Waals surface area contributed by atoms with Crippen molar-refractivity contribution in [1.29, 1.82) is 0 Å². The molecule has 0 aromatic heterocycles. The molecule has 0 bridgehead atoms. The van der Waals surface area contributed by atoms with Crippen molar-refractivity contribution >= 4 is 40.7 Å². The van der Waals surface area contributed by atoms with Gasteiger partial charge in [0.2, 0.25) is 5.91 Å². The summed E-state index contributed by atoms with van der Waals surface area (Å²) in [5.41, 5.74) is -0.496. The highest BCUT2D eigenvalue weighted by Gasteiger charge is 2.34. The standard InChI is InChI=1S/C20H17Cl2F3N2O2/c21-14-3-1-2-13(10-14)19(29)27-8-6-12(7-9-27)18(28)26-15-4-5-17(22)16(11-15)20(23,24)25/h1-5,10-12H,6-9H2,(H,26,28). The molecule has 2 aromatic carbocycles. The molecule has 1 fully saturated rings. The van der Waals surface area contributed by atoms with Crippen LogP contribution in [-0.4, -0.2) is 29.8 Å². The molecule has 2 aromatic rings. The third-order valence-electron chi connectivity index (χ3n) is 4.76. The number of nitrogens with one attached hydrogen (secondary N) is 1. The van der Waals surface area contributed by atoms with E-state index in [1.54, 1.807) is 29.2 Å². The fraction of sp³-hybridized carbons (Fsp3) is 0.300. The zero-order chi connectivity index (χ0) is 21.2. The first-order valence-corrected chi connectivity index (χ1v) is 9.63. The van der Waals surface area contributed by atoms with Gasteiger partial charge in [-0.05, 0) is 49.2 Å². The summed E-state index contributed by atoms with van der Waals surface area (Å²) in [4.78, 5) is 26.6. The lowest BCUT2D eigenvalue weighted by Crippen LogP contribution is -2.41. The second-order valence-electron chi connectivity index (χ2n) is 6.76. The van der Waals surface area contributed by atoms with Crippen LogP contribution in [0.4, 0.5) is 18.9 Å². The number of likely N-dealkylation sites (tertiary alicyclic amines) is 1. The molecule has 29 heavy (non-hydrogen) atoms.